The first kappa shape index (κ1) is 16.3. The van der Waals surface area contributed by atoms with E-state index in [0.717, 1.165) is 31.8 Å². The molecule has 2 atom stereocenters. The molecule has 0 aliphatic carbocycles. The van der Waals surface area contributed by atoms with E-state index in [4.69, 9.17) is 4.74 Å². The van der Waals surface area contributed by atoms with Crippen molar-refractivity contribution in [3.63, 3.8) is 0 Å². The normalized spacial score (nSPS) is 23.5. The minimum Gasteiger partial charge on any atom is -0.496 e. The lowest BCUT2D eigenvalue weighted by Crippen LogP contribution is -2.58. The van der Waals surface area contributed by atoms with Crippen molar-refractivity contribution in [2.24, 2.45) is 5.92 Å². The zero-order valence-electron chi connectivity index (χ0n) is 13.9. The van der Waals surface area contributed by atoms with Crippen molar-refractivity contribution >= 4 is 0 Å². The van der Waals surface area contributed by atoms with Gasteiger partial charge in [0.2, 0.25) is 0 Å². The van der Waals surface area contributed by atoms with Gasteiger partial charge in [-0.2, -0.15) is 0 Å². The average Bonchev–Trinajstić information content (AvgIpc) is 2.52. The maximum Gasteiger partial charge on any atom is 0.122 e. The molecule has 0 bridgehead atoms. The molecule has 1 aromatic rings. The molecular weight excluding hydrogens is 260 g/mol. The smallest absolute Gasteiger partial charge is 0.122 e. The predicted octanol–water partition coefficient (Wildman–Crippen LogP) is 2.95. The van der Waals surface area contributed by atoms with Crippen LogP contribution in [-0.4, -0.2) is 43.7 Å². The van der Waals surface area contributed by atoms with Crippen LogP contribution >= 0.6 is 0 Å². The lowest BCUT2D eigenvalue weighted by molar-refractivity contribution is 0.111. The number of hydrogen-bond acceptors (Lipinski definition) is 3. The van der Waals surface area contributed by atoms with Gasteiger partial charge in [-0.3, -0.25) is 4.90 Å². The largest absolute Gasteiger partial charge is 0.496 e. The van der Waals surface area contributed by atoms with E-state index in [0.29, 0.717) is 18.0 Å². The number of benzene rings is 1. The number of nitrogens with zero attached hydrogens (tertiary/aromatic N) is 1. The Labute approximate surface area is 129 Å². The first-order chi connectivity index (χ1) is 10.2. The fourth-order valence-electron chi connectivity index (χ4n) is 3.18. The Morgan fingerprint density at radius 3 is 2.76 bits per heavy atom. The summed E-state index contributed by atoms with van der Waals surface area (Å²) >= 11 is 0. The van der Waals surface area contributed by atoms with Crippen LogP contribution in [0.15, 0.2) is 24.3 Å². The molecular formula is C18H30N2O. The van der Waals surface area contributed by atoms with E-state index < -0.39 is 0 Å². The molecule has 3 heteroatoms. The molecule has 3 nitrogen and oxygen atoms in total. The number of ether oxygens (including phenoxy) is 1. The van der Waals surface area contributed by atoms with Gasteiger partial charge < -0.3 is 10.1 Å². The Bertz CT molecular complexity index is 433. The van der Waals surface area contributed by atoms with Crippen molar-refractivity contribution in [1.29, 1.82) is 0 Å². The Morgan fingerprint density at radius 2 is 2.10 bits per heavy atom. The highest BCUT2D eigenvalue weighted by molar-refractivity contribution is 5.33. The number of hydrogen-bond donors (Lipinski definition) is 1. The first-order valence-electron chi connectivity index (χ1n) is 8.25. The summed E-state index contributed by atoms with van der Waals surface area (Å²) in [5.41, 5.74) is 1.31. The van der Waals surface area contributed by atoms with Gasteiger partial charge >= 0.3 is 0 Å². The second-order valence-electron chi connectivity index (χ2n) is 6.38. The topological polar surface area (TPSA) is 24.5 Å². The van der Waals surface area contributed by atoms with Gasteiger partial charge in [0.25, 0.3) is 0 Å². The zero-order valence-corrected chi connectivity index (χ0v) is 13.9. The summed E-state index contributed by atoms with van der Waals surface area (Å²) in [7, 11) is 1.76. The number of para-hydroxylation sites is 1. The van der Waals surface area contributed by atoms with Crippen molar-refractivity contribution in [1.82, 2.24) is 10.2 Å². The highest BCUT2D eigenvalue weighted by Crippen LogP contribution is 2.20. The molecule has 0 aromatic heterocycles. The number of methoxy groups -OCH3 is 1. The predicted molar refractivity (Wildman–Crippen MR) is 89.0 cm³/mol. The Morgan fingerprint density at radius 1 is 1.33 bits per heavy atom. The fraction of sp³-hybridized carbons (Fsp3) is 0.667. The molecule has 2 rings (SSSR count). The van der Waals surface area contributed by atoms with Gasteiger partial charge in [-0.05, 0) is 30.4 Å². The highest BCUT2D eigenvalue weighted by Gasteiger charge is 2.27. The molecule has 0 amide bonds. The molecule has 1 aliphatic rings. The second kappa shape index (κ2) is 7.81. The lowest BCUT2D eigenvalue weighted by Gasteiger charge is -2.41. The minimum absolute atomic E-state index is 0.616. The molecule has 1 saturated heterocycles. The monoisotopic (exact) mass is 290 g/mol. The summed E-state index contributed by atoms with van der Waals surface area (Å²) in [6.07, 6.45) is 2.27. The van der Waals surface area contributed by atoms with Crippen LogP contribution in [0.1, 0.15) is 32.8 Å². The molecule has 1 aromatic carbocycles. The van der Waals surface area contributed by atoms with Crippen molar-refractivity contribution in [3.05, 3.63) is 29.8 Å². The standard InChI is InChI=1S/C18H30N2O/c1-5-16-12-19-17(14(2)3)13-20(16)11-10-15-8-6-7-9-18(15)21-4/h6-9,14,16-17,19H,5,10-13H2,1-4H3. The Balaban J connectivity index is 1.98. The van der Waals surface area contributed by atoms with Gasteiger partial charge in [-0.1, -0.05) is 39.0 Å². The second-order valence-corrected chi connectivity index (χ2v) is 6.38. The maximum atomic E-state index is 5.47. The Hall–Kier alpha value is -1.06. The average molecular weight is 290 g/mol. The SMILES string of the molecule is CCC1CNC(C(C)C)CN1CCc1ccccc1OC. The summed E-state index contributed by atoms with van der Waals surface area (Å²) in [5.74, 6) is 1.71. The summed E-state index contributed by atoms with van der Waals surface area (Å²) in [6, 6.07) is 9.66. The van der Waals surface area contributed by atoms with E-state index in [2.05, 4.69) is 49.2 Å². The van der Waals surface area contributed by atoms with E-state index in [1.54, 1.807) is 7.11 Å². The van der Waals surface area contributed by atoms with Gasteiger partial charge in [0, 0.05) is 31.7 Å². The van der Waals surface area contributed by atoms with Crippen LogP contribution in [0.5, 0.6) is 5.75 Å². The van der Waals surface area contributed by atoms with Crippen molar-refractivity contribution < 1.29 is 4.74 Å². The van der Waals surface area contributed by atoms with Crippen molar-refractivity contribution in [2.45, 2.75) is 45.7 Å². The van der Waals surface area contributed by atoms with Crippen LogP contribution < -0.4 is 10.1 Å². The van der Waals surface area contributed by atoms with Crippen LogP contribution in [0.25, 0.3) is 0 Å². The quantitative estimate of drug-likeness (QED) is 0.872. The summed E-state index contributed by atoms with van der Waals surface area (Å²) < 4.78 is 5.47. The van der Waals surface area contributed by atoms with E-state index in [-0.39, 0.29) is 0 Å². The van der Waals surface area contributed by atoms with Gasteiger partial charge in [-0.25, -0.2) is 0 Å². The van der Waals surface area contributed by atoms with Crippen LogP contribution in [0.4, 0.5) is 0 Å². The Kier molecular flexibility index (Phi) is 6.07. The molecule has 1 fully saturated rings. The van der Waals surface area contributed by atoms with Gasteiger partial charge in [-0.15, -0.1) is 0 Å². The van der Waals surface area contributed by atoms with Gasteiger partial charge in [0.1, 0.15) is 5.75 Å². The molecule has 1 heterocycles. The van der Waals surface area contributed by atoms with Gasteiger partial charge in [0.15, 0.2) is 0 Å². The van der Waals surface area contributed by atoms with E-state index in [1.165, 1.54) is 12.0 Å². The lowest BCUT2D eigenvalue weighted by atomic mass is 9.98. The van der Waals surface area contributed by atoms with E-state index >= 15 is 0 Å². The molecule has 2 unspecified atom stereocenters. The fourth-order valence-corrected chi connectivity index (χ4v) is 3.18. The maximum absolute atomic E-state index is 5.47. The third-order valence-corrected chi connectivity index (χ3v) is 4.70. The number of rotatable bonds is 6. The van der Waals surface area contributed by atoms with E-state index in [9.17, 15) is 0 Å². The molecule has 21 heavy (non-hydrogen) atoms. The van der Waals surface area contributed by atoms with Crippen LogP contribution in [-0.2, 0) is 6.42 Å². The number of nitrogens with one attached hydrogen (secondary N) is 1. The molecule has 0 radical (unpaired) electrons. The highest BCUT2D eigenvalue weighted by atomic mass is 16.5. The first-order valence-corrected chi connectivity index (χ1v) is 8.25. The third kappa shape index (κ3) is 4.21. The van der Waals surface area contributed by atoms with Crippen LogP contribution in [0.2, 0.25) is 0 Å². The summed E-state index contributed by atoms with van der Waals surface area (Å²) in [5, 5.41) is 3.70. The zero-order chi connectivity index (χ0) is 15.2. The van der Waals surface area contributed by atoms with Crippen LogP contribution in [0.3, 0.4) is 0 Å². The summed E-state index contributed by atoms with van der Waals surface area (Å²) in [4.78, 5) is 2.66. The van der Waals surface area contributed by atoms with Gasteiger partial charge in [0.05, 0.1) is 7.11 Å². The molecule has 0 spiro atoms. The molecule has 0 saturated carbocycles. The van der Waals surface area contributed by atoms with E-state index in [1.807, 2.05) is 6.07 Å². The summed E-state index contributed by atoms with van der Waals surface area (Å²) in [6.45, 7) is 10.3. The molecule has 118 valence electrons. The third-order valence-electron chi connectivity index (χ3n) is 4.70. The molecule has 1 aliphatic heterocycles. The molecule has 1 N–H and O–H groups in total. The minimum atomic E-state index is 0.616. The van der Waals surface area contributed by atoms with Crippen molar-refractivity contribution in [2.75, 3.05) is 26.7 Å². The van der Waals surface area contributed by atoms with Crippen LogP contribution in [0, 0.1) is 5.92 Å². The number of piperazine rings is 1. The van der Waals surface area contributed by atoms with Crippen molar-refractivity contribution in [3.8, 4) is 5.75 Å².